The van der Waals surface area contributed by atoms with Gasteiger partial charge in [-0.3, -0.25) is 14.4 Å². The van der Waals surface area contributed by atoms with Gasteiger partial charge in [0, 0.05) is 16.4 Å². The number of hydrogen-bond donors (Lipinski definition) is 1. The fourth-order valence-electron chi connectivity index (χ4n) is 5.69. The van der Waals surface area contributed by atoms with Gasteiger partial charge in [-0.15, -0.1) is 0 Å². The molecule has 3 heterocycles. The van der Waals surface area contributed by atoms with E-state index in [1.54, 1.807) is 41.4 Å². The summed E-state index contributed by atoms with van der Waals surface area (Å²) in [5.41, 5.74) is 1.11. The molecule has 6 rings (SSSR count). The molecule has 2 saturated heterocycles. The lowest BCUT2D eigenvalue weighted by molar-refractivity contribution is -0.137. The zero-order valence-electron chi connectivity index (χ0n) is 19.5. The van der Waals surface area contributed by atoms with E-state index in [2.05, 4.69) is 21.2 Å². The second-order valence-corrected chi connectivity index (χ2v) is 10.3. The Kier molecular flexibility index (Phi) is 5.68. The first-order chi connectivity index (χ1) is 18.1. The van der Waals surface area contributed by atoms with Crippen LogP contribution in [0.25, 0.3) is 6.08 Å². The molecule has 4 atom stereocenters. The van der Waals surface area contributed by atoms with Crippen molar-refractivity contribution >= 4 is 51.1 Å². The van der Waals surface area contributed by atoms with Crippen molar-refractivity contribution in [2.24, 2.45) is 11.8 Å². The summed E-state index contributed by atoms with van der Waals surface area (Å²) >= 11 is 3.35. The first kappa shape index (κ1) is 24.4. The highest BCUT2D eigenvalue weighted by Crippen LogP contribution is 2.53. The van der Waals surface area contributed by atoms with Crippen molar-refractivity contribution in [1.29, 1.82) is 0 Å². The second-order valence-electron chi connectivity index (χ2n) is 9.39. The molecule has 3 aliphatic heterocycles. The van der Waals surface area contributed by atoms with Gasteiger partial charge in [0.1, 0.15) is 6.04 Å². The maximum atomic E-state index is 13.8. The van der Waals surface area contributed by atoms with Gasteiger partial charge in [-0.05, 0) is 59.7 Å². The number of benzene rings is 3. The van der Waals surface area contributed by atoms with Gasteiger partial charge in [-0.2, -0.15) is 13.2 Å². The molecule has 2 fully saturated rings. The Morgan fingerprint density at radius 1 is 0.895 bits per heavy atom. The SMILES string of the molecule is O=C(Nc1cccc(C(F)(F)F)c1)[C@@H]1[C@@H]2C(=O)N(c3ccc(Br)cc3)C(=O)[C@@H]2C2c3ccccc3C=CN21. The molecule has 1 unspecified atom stereocenters. The highest BCUT2D eigenvalue weighted by molar-refractivity contribution is 9.10. The van der Waals surface area contributed by atoms with Crippen LogP contribution >= 0.6 is 15.9 Å². The summed E-state index contributed by atoms with van der Waals surface area (Å²) in [5.74, 6) is -3.49. The van der Waals surface area contributed by atoms with Crippen LogP contribution in [-0.4, -0.2) is 28.7 Å². The summed E-state index contributed by atoms with van der Waals surface area (Å²) in [6.07, 6.45) is -1.09. The first-order valence-corrected chi connectivity index (χ1v) is 12.6. The van der Waals surface area contributed by atoms with Crippen molar-refractivity contribution in [3.63, 3.8) is 0 Å². The smallest absolute Gasteiger partial charge is 0.357 e. The van der Waals surface area contributed by atoms with Crippen LogP contribution in [0.15, 0.2) is 83.5 Å². The number of rotatable bonds is 3. The molecule has 3 aromatic rings. The van der Waals surface area contributed by atoms with Gasteiger partial charge >= 0.3 is 6.18 Å². The molecule has 6 nitrogen and oxygen atoms in total. The maximum absolute atomic E-state index is 13.8. The van der Waals surface area contributed by atoms with Gasteiger partial charge in [0.2, 0.25) is 17.7 Å². The maximum Gasteiger partial charge on any atom is 0.416 e. The molecule has 3 aromatic carbocycles. The van der Waals surface area contributed by atoms with Crippen molar-refractivity contribution in [3.05, 3.63) is 100 Å². The normalized spacial score (nSPS) is 23.8. The fourth-order valence-corrected chi connectivity index (χ4v) is 5.96. The number of anilines is 2. The minimum Gasteiger partial charge on any atom is -0.357 e. The van der Waals surface area contributed by atoms with E-state index in [-0.39, 0.29) is 5.69 Å². The Bertz CT molecular complexity index is 1500. The minimum atomic E-state index is -4.58. The lowest BCUT2D eigenvalue weighted by Crippen LogP contribution is -2.46. The number of carbonyl (C=O) groups is 3. The van der Waals surface area contributed by atoms with E-state index in [1.807, 2.05) is 24.3 Å². The molecule has 0 spiro atoms. The van der Waals surface area contributed by atoms with E-state index >= 15 is 0 Å². The van der Waals surface area contributed by atoms with Crippen molar-refractivity contribution in [1.82, 2.24) is 4.90 Å². The summed E-state index contributed by atoms with van der Waals surface area (Å²) in [6.45, 7) is 0. The highest BCUT2D eigenvalue weighted by atomic mass is 79.9. The lowest BCUT2D eigenvalue weighted by Gasteiger charge is -2.35. The Morgan fingerprint density at radius 3 is 2.34 bits per heavy atom. The molecule has 0 radical (unpaired) electrons. The van der Waals surface area contributed by atoms with Crippen LogP contribution < -0.4 is 10.2 Å². The van der Waals surface area contributed by atoms with Gasteiger partial charge < -0.3 is 10.2 Å². The number of fused-ring (bicyclic) bond motifs is 5. The molecule has 0 aliphatic carbocycles. The summed E-state index contributed by atoms with van der Waals surface area (Å²) in [6, 6.07) is 16.8. The monoisotopic (exact) mass is 581 g/mol. The Balaban J connectivity index is 1.41. The standard InChI is InChI=1S/C28H19BrF3N3O3/c29-17-8-10-19(11-9-17)35-26(37)21-22(27(35)38)24(34-13-12-15-4-1-2-7-20(15)23(21)34)25(36)33-18-6-3-5-16(14-18)28(30,31)32/h1-14,21-24H,(H,33,36)/t21-,22+,23?,24-/m0/s1. The van der Waals surface area contributed by atoms with Gasteiger partial charge in [-0.1, -0.05) is 46.3 Å². The van der Waals surface area contributed by atoms with Gasteiger partial charge in [0.15, 0.2) is 0 Å². The van der Waals surface area contributed by atoms with E-state index in [4.69, 9.17) is 0 Å². The topological polar surface area (TPSA) is 69.7 Å². The molecule has 192 valence electrons. The molecule has 0 saturated carbocycles. The average Bonchev–Trinajstić information content (AvgIpc) is 3.37. The number of nitrogens with zero attached hydrogens (tertiary/aromatic N) is 2. The van der Waals surface area contributed by atoms with Crippen molar-refractivity contribution in [2.45, 2.75) is 18.3 Å². The lowest BCUT2D eigenvalue weighted by atomic mass is 9.84. The zero-order chi connectivity index (χ0) is 26.8. The number of hydrogen-bond acceptors (Lipinski definition) is 4. The third kappa shape index (κ3) is 3.82. The van der Waals surface area contributed by atoms with Gasteiger partial charge in [0.05, 0.1) is 29.1 Å². The number of amides is 3. The van der Waals surface area contributed by atoms with Crippen LogP contribution in [0.4, 0.5) is 24.5 Å². The van der Waals surface area contributed by atoms with Crippen molar-refractivity contribution in [3.8, 4) is 0 Å². The van der Waals surface area contributed by atoms with E-state index in [0.29, 0.717) is 5.69 Å². The van der Waals surface area contributed by atoms with Crippen LogP contribution in [-0.2, 0) is 20.6 Å². The largest absolute Gasteiger partial charge is 0.416 e. The number of alkyl halides is 3. The number of halogens is 4. The zero-order valence-corrected chi connectivity index (χ0v) is 21.1. The molecule has 38 heavy (non-hydrogen) atoms. The van der Waals surface area contributed by atoms with Crippen LogP contribution in [0.1, 0.15) is 22.7 Å². The molecular weight excluding hydrogens is 563 g/mol. The Hall–Kier alpha value is -3.92. The molecular formula is C28H19BrF3N3O3. The van der Waals surface area contributed by atoms with Gasteiger partial charge in [-0.25, -0.2) is 4.90 Å². The van der Waals surface area contributed by atoms with E-state index in [0.717, 1.165) is 32.6 Å². The molecule has 0 aromatic heterocycles. The van der Waals surface area contributed by atoms with Crippen molar-refractivity contribution < 1.29 is 27.6 Å². The fraction of sp³-hybridized carbons (Fsp3) is 0.179. The van der Waals surface area contributed by atoms with Crippen molar-refractivity contribution in [2.75, 3.05) is 10.2 Å². The summed E-state index contributed by atoms with van der Waals surface area (Å²) in [7, 11) is 0. The summed E-state index contributed by atoms with van der Waals surface area (Å²) < 4.78 is 40.5. The predicted molar refractivity (Wildman–Crippen MR) is 138 cm³/mol. The number of carbonyl (C=O) groups excluding carboxylic acids is 3. The quantitative estimate of drug-likeness (QED) is 0.407. The summed E-state index contributed by atoms with van der Waals surface area (Å²) in [4.78, 5) is 44.1. The molecule has 3 aliphatic rings. The third-order valence-electron chi connectivity index (χ3n) is 7.27. The summed E-state index contributed by atoms with van der Waals surface area (Å²) in [5, 5.41) is 2.56. The van der Waals surface area contributed by atoms with E-state index in [9.17, 15) is 27.6 Å². The Morgan fingerprint density at radius 2 is 1.61 bits per heavy atom. The molecule has 1 N–H and O–H groups in total. The average molecular weight is 582 g/mol. The van der Waals surface area contributed by atoms with Crippen LogP contribution in [0, 0.1) is 11.8 Å². The Labute approximate surface area is 223 Å². The molecule has 3 amide bonds. The third-order valence-corrected chi connectivity index (χ3v) is 7.80. The number of nitrogens with one attached hydrogen (secondary N) is 1. The second kappa shape index (κ2) is 8.83. The van der Waals surface area contributed by atoms with Crippen LogP contribution in [0.3, 0.4) is 0 Å². The van der Waals surface area contributed by atoms with E-state index < -0.39 is 53.4 Å². The minimum absolute atomic E-state index is 0.0484. The molecule has 0 bridgehead atoms. The highest BCUT2D eigenvalue weighted by Gasteiger charge is 2.64. The van der Waals surface area contributed by atoms with Gasteiger partial charge in [0.25, 0.3) is 0 Å². The molecule has 10 heteroatoms. The van der Waals surface area contributed by atoms with Crippen LogP contribution in [0.5, 0.6) is 0 Å². The number of imide groups is 1. The van der Waals surface area contributed by atoms with E-state index in [1.165, 1.54) is 12.1 Å². The predicted octanol–water partition coefficient (Wildman–Crippen LogP) is 5.62. The first-order valence-electron chi connectivity index (χ1n) is 11.8. The van der Waals surface area contributed by atoms with Crippen LogP contribution in [0.2, 0.25) is 0 Å².